The van der Waals surface area contributed by atoms with E-state index in [4.69, 9.17) is 10.2 Å². The Bertz CT molecular complexity index is 361. The number of carboxylic acids is 1. The largest absolute Gasteiger partial charge is 0.481 e. The maximum atomic E-state index is 10.8. The van der Waals surface area contributed by atoms with Crippen molar-refractivity contribution in [3.63, 3.8) is 0 Å². The van der Waals surface area contributed by atoms with Crippen molar-refractivity contribution < 1.29 is 15.0 Å². The quantitative estimate of drug-likeness (QED) is 0.699. The van der Waals surface area contributed by atoms with Crippen LogP contribution in [0, 0.1) is 5.92 Å². The summed E-state index contributed by atoms with van der Waals surface area (Å²) in [4.78, 5) is 10.8. The third kappa shape index (κ3) is 4.17. The van der Waals surface area contributed by atoms with E-state index < -0.39 is 11.9 Å². The lowest BCUT2D eigenvalue weighted by molar-refractivity contribution is -0.141. The number of hydrogen-bond donors (Lipinski definition) is 3. The highest BCUT2D eigenvalue weighted by Crippen LogP contribution is 2.07. The summed E-state index contributed by atoms with van der Waals surface area (Å²) in [5, 5.41) is 20.9. The molecule has 4 heteroatoms. The lowest BCUT2D eigenvalue weighted by Gasteiger charge is -2.17. The predicted octanol–water partition coefficient (Wildman–Crippen LogP) is 1.38. The number of hydrogen-bond acceptors (Lipinski definition) is 3. The first-order valence-electron chi connectivity index (χ1n) is 5.69. The fourth-order valence-electron chi connectivity index (χ4n) is 1.43. The fourth-order valence-corrected chi connectivity index (χ4v) is 1.43. The van der Waals surface area contributed by atoms with E-state index in [1.807, 2.05) is 31.2 Å². The average Bonchev–Trinajstić information content (AvgIpc) is 2.35. The van der Waals surface area contributed by atoms with Gasteiger partial charge in [-0.3, -0.25) is 4.79 Å². The van der Waals surface area contributed by atoms with Gasteiger partial charge in [0, 0.05) is 12.6 Å². The van der Waals surface area contributed by atoms with E-state index in [1.54, 1.807) is 6.92 Å². The molecule has 0 aliphatic heterocycles. The Kier molecular flexibility index (Phi) is 5.12. The van der Waals surface area contributed by atoms with Crippen LogP contribution in [0.2, 0.25) is 0 Å². The van der Waals surface area contributed by atoms with Crippen molar-refractivity contribution >= 4 is 5.97 Å². The van der Waals surface area contributed by atoms with Crippen LogP contribution in [-0.4, -0.2) is 22.2 Å². The zero-order valence-electron chi connectivity index (χ0n) is 10.2. The van der Waals surface area contributed by atoms with Crippen molar-refractivity contribution in [1.29, 1.82) is 0 Å². The first kappa shape index (κ1) is 13.7. The molecule has 4 nitrogen and oxygen atoms in total. The molecule has 2 unspecified atom stereocenters. The number of carboxylic acid groups (broad SMARTS) is 1. The molecule has 0 spiro atoms. The van der Waals surface area contributed by atoms with Crippen molar-refractivity contribution in [2.24, 2.45) is 5.92 Å². The van der Waals surface area contributed by atoms with Gasteiger partial charge in [-0.2, -0.15) is 0 Å². The topological polar surface area (TPSA) is 69.6 Å². The first-order valence-corrected chi connectivity index (χ1v) is 5.69. The van der Waals surface area contributed by atoms with Crippen molar-refractivity contribution in [2.45, 2.75) is 33.0 Å². The van der Waals surface area contributed by atoms with Gasteiger partial charge < -0.3 is 15.5 Å². The third-order valence-electron chi connectivity index (χ3n) is 2.97. The van der Waals surface area contributed by atoms with E-state index in [9.17, 15) is 4.79 Å². The molecule has 0 fully saturated rings. The molecule has 1 aromatic rings. The average molecular weight is 237 g/mol. The molecule has 0 amide bonds. The van der Waals surface area contributed by atoms with Gasteiger partial charge in [-0.1, -0.05) is 31.2 Å². The molecule has 94 valence electrons. The molecule has 1 rings (SSSR count). The highest BCUT2D eigenvalue weighted by molar-refractivity contribution is 5.70. The maximum absolute atomic E-state index is 10.8. The van der Waals surface area contributed by atoms with Crippen molar-refractivity contribution in [3.05, 3.63) is 35.4 Å². The summed E-state index contributed by atoms with van der Waals surface area (Å²) in [7, 11) is 0. The van der Waals surface area contributed by atoms with Gasteiger partial charge in [-0.25, -0.2) is 0 Å². The molecule has 0 saturated carbocycles. The Hall–Kier alpha value is -1.39. The second-order valence-electron chi connectivity index (χ2n) is 4.27. The van der Waals surface area contributed by atoms with Crippen LogP contribution < -0.4 is 5.32 Å². The monoisotopic (exact) mass is 237 g/mol. The van der Waals surface area contributed by atoms with Gasteiger partial charge in [0.25, 0.3) is 0 Å². The summed E-state index contributed by atoms with van der Waals surface area (Å²) >= 11 is 0. The van der Waals surface area contributed by atoms with E-state index >= 15 is 0 Å². The second-order valence-corrected chi connectivity index (χ2v) is 4.27. The highest BCUT2D eigenvalue weighted by atomic mass is 16.4. The zero-order valence-corrected chi connectivity index (χ0v) is 10.2. The molecule has 0 saturated heterocycles. The zero-order chi connectivity index (χ0) is 12.8. The number of nitrogens with one attached hydrogen (secondary N) is 1. The summed E-state index contributed by atoms with van der Waals surface area (Å²) in [6.45, 7) is 4.22. The molecule has 0 aromatic heterocycles. The molecule has 17 heavy (non-hydrogen) atoms. The van der Waals surface area contributed by atoms with Crippen LogP contribution in [0.1, 0.15) is 25.0 Å². The minimum Gasteiger partial charge on any atom is -0.481 e. The van der Waals surface area contributed by atoms with E-state index in [-0.39, 0.29) is 12.6 Å². The summed E-state index contributed by atoms with van der Waals surface area (Å²) in [5.41, 5.74) is 1.95. The van der Waals surface area contributed by atoms with Crippen LogP contribution in [0.4, 0.5) is 0 Å². The van der Waals surface area contributed by atoms with Gasteiger partial charge in [0.1, 0.15) is 0 Å². The van der Waals surface area contributed by atoms with Crippen LogP contribution in [0.25, 0.3) is 0 Å². The summed E-state index contributed by atoms with van der Waals surface area (Å²) in [6, 6.07) is 7.50. The lowest BCUT2D eigenvalue weighted by atomic mass is 10.0. The first-order chi connectivity index (χ1) is 8.04. The number of rotatable bonds is 6. The van der Waals surface area contributed by atoms with Gasteiger partial charge >= 0.3 is 5.97 Å². The standard InChI is InChI=1S/C13H19NO3/c1-9(13(16)17)10(2)14-7-11-3-5-12(8-15)6-4-11/h3-6,9-10,14-15H,7-8H2,1-2H3,(H,16,17). The van der Waals surface area contributed by atoms with Crippen LogP contribution >= 0.6 is 0 Å². The summed E-state index contributed by atoms with van der Waals surface area (Å²) in [6.07, 6.45) is 0. The molecule has 0 aliphatic carbocycles. The van der Waals surface area contributed by atoms with E-state index in [1.165, 1.54) is 0 Å². The minimum atomic E-state index is -0.791. The summed E-state index contributed by atoms with van der Waals surface area (Å²) in [5.74, 6) is -1.20. The van der Waals surface area contributed by atoms with Crippen molar-refractivity contribution in [1.82, 2.24) is 5.32 Å². The maximum Gasteiger partial charge on any atom is 0.307 e. The Balaban J connectivity index is 2.47. The highest BCUT2D eigenvalue weighted by Gasteiger charge is 2.18. The molecule has 3 N–H and O–H groups in total. The number of benzene rings is 1. The van der Waals surface area contributed by atoms with Gasteiger partial charge in [-0.15, -0.1) is 0 Å². The molecular formula is C13H19NO3. The van der Waals surface area contributed by atoms with Gasteiger partial charge in [-0.05, 0) is 18.1 Å². The van der Waals surface area contributed by atoms with Crippen LogP contribution in [0.3, 0.4) is 0 Å². The Morgan fingerprint density at radius 2 is 1.76 bits per heavy atom. The van der Waals surface area contributed by atoms with Gasteiger partial charge in [0.05, 0.1) is 12.5 Å². The second kappa shape index (κ2) is 6.37. The molecule has 0 heterocycles. The number of carbonyl (C=O) groups is 1. The summed E-state index contributed by atoms with van der Waals surface area (Å²) < 4.78 is 0. The number of aliphatic hydroxyl groups excluding tert-OH is 1. The number of aliphatic carboxylic acids is 1. The van der Waals surface area contributed by atoms with Crippen molar-refractivity contribution in [3.8, 4) is 0 Å². The third-order valence-corrected chi connectivity index (χ3v) is 2.97. The normalized spacial score (nSPS) is 14.3. The van der Waals surface area contributed by atoms with Crippen molar-refractivity contribution in [2.75, 3.05) is 0 Å². The SMILES string of the molecule is CC(NCc1ccc(CO)cc1)C(C)C(=O)O. The molecule has 0 bridgehead atoms. The fraction of sp³-hybridized carbons (Fsp3) is 0.462. The smallest absolute Gasteiger partial charge is 0.307 e. The van der Waals surface area contributed by atoms with Gasteiger partial charge in [0.2, 0.25) is 0 Å². The molecule has 1 aromatic carbocycles. The van der Waals surface area contributed by atoms with Crippen LogP contribution in [-0.2, 0) is 17.9 Å². The molecule has 0 aliphatic rings. The molecular weight excluding hydrogens is 218 g/mol. The van der Waals surface area contributed by atoms with E-state index in [0.717, 1.165) is 11.1 Å². The van der Waals surface area contributed by atoms with Crippen LogP contribution in [0.5, 0.6) is 0 Å². The van der Waals surface area contributed by atoms with E-state index in [2.05, 4.69) is 5.32 Å². The minimum absolute atomic E-state index is 0.0418. The van der Waals surface area contributed by atoms with Gasteiger partial charge in [0.15, 0.2) is 0 Å². The number of aliphatic hydroxyl groups is 1. The van der Waals surface area contributed by atoms with Crippen LogP contribution in [0.15, 0.2) is 24.3 Å². The van der Waals surface area contributed by atoms with E-state index in [0.29, 0.717) is 6.54 Å². The molecule has 2 atom stereocenters. The Morgan fingerprint density at radius 1 is 1.24 bits per heavy atom. The Morgan fingerprint density at radius 3 is 2.24 bits per heavy atom. The molecule has 0 radical (unpaired) electrons. The lowest BCUT2D eigenvalue weighted by Crippen LogP contribution is -2.35. The Labute approximate surface area is 101 Å². The predicted molar refractivity (Wildman–Crippen MR) is 65.5 cm³/mol.